The second kappa shape index (κ2) is 7.60. The van der Waals surface area contributed by atoms with Crippen LogP contribution < -0.4 is 0 Å². The maximum absolute atomic E-state index is 10.7. The second-order valence-electron chi connectivity index (χ2n) is 6.67. The molecule has 0 radical (unpaired) electrons. The van der Waals surface area contributed by atoms with Gasteiger partial charge in [-0.3, -0.25) is 0 Å². The van der Waals surface area contributed by atoms with E-state index >= 15 is 0 Å². The highest BCUT2D eigenvalue weighted by Crippen LogP contribution is 2.30. The fraction of sp³-hybridized carbons (Fsp3) is 0.182. The molecule has 5 heteroatoms. The molecule has 1 unspecified atom stereocenters. The maximum atomic E-state index is 10.7. The van der Waals surface area contributed by atoms with Gasteiger partial charge in [-0.1, -0.05) is 60.7 Å². The van der Waals surface area contributed by atoms with E-state index in [1.807, 2.05) is 83.0 Å². The zero-order valence-electron chi connectivity index (χ0n) is 15.2. The summed E-state index contributed by atoms with van der Waals surface area (Å²) in [5.41, 5.74) is 3.94. The van der Waals surface area contributed by atoms with Crippen LogP contribution in [0.4, 0.5) is 0 Å². The molecule has 0 aliphatic carbocycles. The number of nitrogens with zero attached hydrogens (tertiary/aromatic N) is 4. The van der Waals surface area contributed by atoms with Crippen LogP contribution in [0.15, 0.2) is 79.4 Å². The largest absolute Gasteiger partial charge is 0.391 e. The molecule has 4 rings (SSSR count). The van der Waals surface area contributed by atoms with Crippen LogP contribution in [0.2, 0.25) is 0 Å². The summed E-state index contributed by atoms with van der Waals surface area (Å²) >= 11 is 0. The lowest BCUT2D eigenvalue weighted by atomic mass is 10.1. The molecule has 0 aliphatic rings. The number of aliphatic hydroxyl groups is 1. The summed E-state index contributed by atoms with van der Waals surface area (Å²) < 4.78 is 3.97. The molecule has 0 aliphatic heterocycles. The third kappa shape index (κ3) is 3.68. The Morgan fingerprint density at radius 1 is 0.963 bits per heavy atom. The molecule has 2 heterocycles. The van der Waals surface area contributed by atoms with Crippen molar-refractivity contribution >= 4 is 0 Å². The Labute approximate surface area is 158 Å². The summed E-state index contributed by atoms with van der Waals surface area (Å²) in [5, 5.41) is 10.7. The van der Waals surface area contributed by atoms with Crippen LogP contribution >= 0.6 is 0 Å². The normalized spacial score (nSPS) is 12.2. The predicted molar refractivity (Wildman–Crippen MR) is 106 cm³/mol. The molecule has 5 nitrogen and oxygen atoms in total. The summed E-state index contributed by atoms with van der Waals surface area (Å²) in [6, 6.07) is 20.1. The quantitative estimate of drug-likeness (QED) is 0.573. The molecule has 4 aromatic rings. The number of hydrogen-bond donors (Lipinski definition) is 1. The Morgan fingerprint density at radius 2 is 1.67 bits per heavy atom. The number of imidazole rings is 2. The molecule has 2 aromatic carbocycles. The van der Waals surface area contributed by atoms with Gasteiger partial charge in [0.1, 0.15) is 5.69 Å². The van der Waals surface area contributed by atoms with E-state index in [4.69, 9.17) is 0 Å². The summed E-state index contributed by atoms with van der Waals surface area (Å²) in [5.74, 6) is 0.832. The molecule has 1 N–H and O–H groups in total. The van der Waals surface area contributed by atoms with Crippen LogP contribution in [0.1, 0.15) is 5.56 Å². The van der Waals surface area contributed by atoms with Crippen molar-refractivity contribution in [1.29, 1.82) is 0 Å². The van der Waals surface area contributed by atoms with Crippen LogP contribution in [0.25, 0.3) is 22.8 Å². The number of benzene rings is 2. The van der Waals surface area contributed by atoms with E-state index in [1.54, 1.807) is 12.5 Å². The predicted octanol–water partition coefficient (Wildman–Crippen LogP) is 3.55. The van der Waals surface area contributed by atoms with Gasteiger partial charge in [0.2, 0.25) is 0 Å². The Morgan fingerprint density at radius 3 is 2.33 bits per heavy atom. The van der Waals surface area contributed by atoms with Gasteiger partial charge < -0.3 is 14.2 Å². The molecule has 0 saturated carbocycles. The average Bonchev–Trinajstić information content (AvgIpc) is 3.29. The molecule has 0 fully saturated rings. The van der Waals surface area contributed by atoms with Crippen LogP contribution in [-0.4, -0.2) is 30.3 Å². The number of aliphatic hydroxyl groups excluding tert-OH is 1. The molecule has 136 valence electrons. The van der Waals surface area contributed by atoms with E-state index in [0.29, 0.717) is 13.0 Å². The average molecular weight is 358 g/mol. The maximum Gasteiger partial charge on any atom is 0.158 e. The highest BCUT2D eigenvalue weighted by atomic mass is 16.3. The van der Waals surface area contributed by atoms with Crippen molar-refractivity contribution in [2.45, 2.75) is 19.1 Å². The van der Waals surface area contributed by atoms with Crippen molar-refractivity contribution in [2.24, 2.45) is 7.05 Å². The molecular weight excluding hydrogens is 336 g/mol. The summed E-state index contributed by atoms with van der Waals surface area (Å²) in [4.78, 5) is 9.16. The van der Waals surface area contributed by atoms with Crippen molar-refractivity contribution in [3.05, 3.63) is 84.9 Å². The first kappa shape index (κ1) is 17.2. The van der Waals surface area contributed by atoms with Crippen LogP contribution in [0, 0.1) is 0 Å². The van der Waals surface area contributed by atoms with Crippen LogP contribution in [0.3, 0.4) is 0 Å². The first-order valence-corrected chi connectivity index (χ1v) is 9.02. The molecule has 0 saturated heterocycles. The van der Waals surface area contributed by atoms with Gasteiger partial charge in [-0.25, -0.2) is 9.97 Å². The van der Waals surface area contributed by atoms with Crippen LogP contribution in [0.5, 0.6) is 0 Å². The van der Waals surface area contributed by atoms with Gasteiger partial charge in [-0.2, -0.15) is 0 Å². The number of hydrogen-bond acceptors (Lipinski definition) is 3. The van der Waals surface area contributed by atoms with Crippen molar-refractivity contribution in [3.8, 4) is 22.8 Å². The molecule has 0 spiro atoms. The van der Waals surface area contributed by atoms with Gasteiger partial charge in [0, 0.05) is 31.4 Å². The van der Waals surface area contributed by atoms with Gasteiger partial charge in [-0.05, 0) is 5.56 Å². The van der Waals surface area contributed by atoms with E-state index in [2.05, 4.69) is 9.97 Å². The SMILES string of the molecule is Cn1ccnc1-c1c(-c2ccccc2)ncn1CC(O)Cc1ccccc1. The molecular formula is C22H22N4O. The minimum Gasteiger partial charge on any atom is -0.391 e. The van der Waals surface area contributed by atoms with Gasteiger partial charge >= 0.3 is 0 Å². The Hall–Kier alpha value is -3.18. The lowest BCUT2D eigenvalue weighted by molar-refractivity contribution is 0.154. The van der Waals surface area contributed by atoms with Crippen LogP contribution in [-0.2, 0) is 20.0 Å². The van der Waals surface area contributed by atoms with Gasteiger partial charge in [0.15, 0.2) is 5.82 Å². The minimum atomic E-state index is -0.510. The number of rotatable bonds is 6. The molecule has 1 atom stereocenters. The zero-order chi connectivity index (χ0) is 18.6. The first-order valence-electron chi connectivity index (χ1n) is 9.02. The van der Waals surface area contributed by atoms with Crippen molar-refractivity contribution in [3.63, 3.8) is 0 Å². The first-order chi connectivity index (χ1) is 13.2. The topological polar surface area (TPSA) is 55.9 Å². The summed E-state index contributed by atoms with van der Waals surface area (Å²) in [7, 11) is 1.97. The fourth-order valence-corrected chi connectivity index (χ4v) is 3.33. The highest BCUT2D eigenvalue weighted by molar-refractivity contribution is 5.75. The third-order valence-corrected chi connectivity index (χ3v) is 4.64. The second-order valence-corrected chi connectivity index (χ2v) is 6.67. The van der Waals surface area contributed by atoms with E-state index in [0.717, 1.165) is 28.3 Å². The lowest BCUT2D eigenvalue weighted by Crippen LogP contribution is -2.19. The van der Waals surface area contributed by atoms with Gasteiger partial charge in [0.25, 0.3) is 0 Å². The van der Waals surface area contributed by atoms with Gasteiger partial charge in [-0.15, -0.1) is 0 Å². The van der Waals surface area contributed by atoms with E-state index < -0.39 is 6.10 Å². The van der Waals surface area contributed by atoms with E-state index in [9.17, 15) is 5.11 Å². The van der Waals surface area contributed by atoms with Crippen molar-refractivity contribution in [1.82, 2.24) is 19.1 Å². The van der Waals surface area contributed by atoms with Gasteiger partial charge in [0.05, 0.1) is 24.7 Å². The molecule has 27 heavy (non-hydrogen) atoms. The Balaban J connectivity index is 1.69. The Kier molecular flexibility index (Phi) is 4.85. The smallest absolute Gasteiger partial charge is 0.158 e. The molecule has 2 aromatic heterocycles. The zero-order valence-corrected chi connectivity index (χ0v) is 15.2. The number of aromatic nitrogens is 4. The minimum absolute atomic E-state index is 0.455. The Bertz CT molecular complexity index is 1010. The fourth-order valence-electron chi connectivity index (χ4n) is 3.33. The summed E-state index contributed by atoms with van der Waals surface area (Å²) in [6.45, 7) is 0.455. The third-order valence-electron chi connectivity index (χ3n) is 4.64. The standard InChI is InChI=1S/C22H22N4O/c1-25-13-12-23-22(25)21-20(18-10-6-3-7-11-18)24-16-26(21)15-19(27)14-17-8-4-2-5-9-17/h2-13,16,19,27H,14-15H2,1H3. The molecule has 0 amide bonds. The highest BCUT2D eigenvalue weighted by Gasteiger charge is 2.20. The molecule has 0 bridgehead atoms. The van der Waals surface area contributed by atoms with Crippen molar-refractivity contribution < 1.29 is 5.11 Å². The van der Waals surface area contributed by atoms with Crippen molar-refractivity contribution in [2.75, 3.05) is 0 Å². The lowest BCUT2D eigenvalue weighted by Gasteiger charge is -2.15. The summed E-state index contributed by atoms with van der Waals surface area (Å²) in [6.07, 6.45) is 5.58. The number of aryl methyl sites for hydroxylation is 1. The van der Waals surface area contributed by atoms with E-state index in [-0.39, 0.29) is 0 Å². The van der Waals surface area contributed by atoms with E-state index in [1.165, 1.54) is 0 Å². The monoisotopic (exact) mass is 358 g/mol.